The van der Waals surface area contributed by atoms with Gasteiger partial charge in [-0.25, -0.2) is 0 Å². The number of carbonyl (C=O) groups is 1. The largest absolute Gasteiger partial charge is 0.487 e. The molecule has 0 aliphatic carbocycles. The first-order valence-corrected chi connectivity index (χ1v) is 11.3. The number of rotatable bonds is 7. The Labute approximate surface area is 211 Å². The Hall–Kier alpha value is -3.19. The van der Waals surface area contributed by atoms with Gasteiger partial charge < -0.3 is 10.1 Å². The highest BCUT2D eigenvalue weighted by atomic mass is 79.9. The van der Waals surface area contributed by atoms with Crippen LogP contribution in [0.2, 0.25) is 5.02 Å². The van der Waals surface area contributed by atoms with E-state index in [9.17, 15) is 20.2 Å². The monoisotopic (exact) mass is 589 g/mol. The fraction of sp³-hybridized carbons (Fsp3) is 0.0435. The van der Waals surface area contributed by atoms with Crippen LogP contribution in [0, 0.1) is 21.4 Å². The third kappa shape index (κ3) is 6.42. The molecule has 166 valence electrons. The first kappa shape index (κ1) is 24.5. The summed E-state index contributed by atoms with van der Waals surface area (Å²) in [6.07, 6.45) is 1.39. The molecule has 1 N–H and O–H groups in total. The number of ether oxygens (including phenoxy) is 1. The zero-order chi connectivity index (χ0) is 24.0. The van der Waals surface area contributed by atoms with Crippen molar-refractivity contribution in [1.82, 2.24) is 0 Å². The van der Waals surface area contributed by atoms with Crippen molar-refractivity contribution in [2.24, 2.45) is 0 Å². The van der Waals surface area contributed by atoms with E-state index in [0.29, 0.717) is 26.9 Å². The van der Waals surface area contributed by atoms with Gasteiger partial charge in [-0.3, -0.25) is 14.9 Å². The van der Waals surface area contributed by atoms with E-state index in [1.54, 1.807) is 12.1 Å². The van der Waals surface area contributed by atoms with E-state index in [1.807, 2.05) is 36.4 Å². The summed E-state index contributed by atoms with van der Waals surface area (Å²) in [6, 6.07) is 18.6. The van der Waals surface area contributed by atoms with Gasteiger partial charge >= 0.3 is 0 Å². The number of nitrogens with zero attached hydrogens (tertiary/aromatic N) is 2. The van der Waals surface area contributed by atoms with Crippen molar-refractivity contribution in [3.05, 3.63) is 101 Å². The molecule has 0 unspecified atom stereocenters. The Morgan fingerprint density at radius 2 is 1.82 bits per heavy atom. The van der Waals surface area contributed by atoms with Crippen molar-refractivity contribution in [1.29, 1.82) is 5.26 Å². The third-order valence-corrected chi connectivity index (χ3v) is 5.84. The molecule has 7 nitrogen and oxygen atoms in total. The van der Waals surface area contributed by atoms with Gasteiger partial charge in [-0.15, -0.1) is 0 Å². The van der Waals surface area contributed by atoms with Gasteiger partial charge in [0.15, 0.2) is 0 Å². The van der Waals surface area contributed by atoms with Crippen molar-refractivity contribution < 1.29 is 14.5 Å². The minimum absolute atomic E-state index is 0.0315. The molecule has 0 bridgehead atoms. The second kappa shape index (κ2) is 11.1. The highest BCUT2D eigenvalue weighted by molar-refractivity contribution is 9.11. The zero-order valence-corrected chi connectivity index (χ0v) is 20.6. The fourth-order valence-electron chi connectivity index (χ4n) is 2.76. The molecule has 0 heterocycles. The van der Waals surface area contributed by atoms with Crippen LogP contribution in [-0.2, 0) is 11.4 Å². The van der Waals surface area contributed by atoms with Gasteiger partial charge in [0, 0.05) is 12.1 Å². The van der Waals surface area contributed by atoms with E-state index in [4.69, 9.17) is 16.3 Å². The number of nitro benzene ring substituents is 1. The van der Waals surface area contributed by atoms with E-state index in [2.05, 4.69) is 37.2 Å². The van der Waals surface area contributed by atoms with Crippen LogP contribution in [0.4, 0.5) is 11.4 Å². The summed E-state index contributed by atoms with van der Waals surface area (Å²) in [5, 5.41) is 23.0. The van der Waals surface area contributed by atoms with Crippen LogP contribution >= 0.6 is 43.5 Å². The van der Waals surface area contributed by atoms with Crippen molar-refractivity contribution >= 4 is 66.8 Å². The van der Waals surface area contributed by atoms with Gasteiger partial charge in [0.1, 0.15) is 24.0 Å². The quantitative estimate of drug-likeness (QED) is 0.139. The van der Waals surface area contributed by atoms with Crippen LogP contribution < -0.4 is 10.1 Å². The first-order chi connectivity index (χ1) is 15.8. The zero-order valence-electron chi connectivity index (χ0n) is 16.7. The Morgan fingerprint density at radius 1 is 1.15 bits per heavy atom. The van der Waals surface area contributed by atoms with Crippen LogP contribution in [0.3, 0.4) is 0 Å². The first-order valence-electron chi connectivity index (χ1n) is 9.31. The summed E-state index contributed by atoms with van der Waals surface area (Å²) >= 11 is 12.9. The molecule has 0 saturated carbocycles. The van der Waals surface area contributed by atoms with E-state index < -0.39 is 10.8 Å². The standard InChI is InChI=1S/C23H14Br2ClN3O4/c24-18-9-15(10-19(25)22(18)33-13-14-4-2-1-3-5-14)8-16(12-27)23(30)28-21-11-17(29(31)32)6-7-20(21)26/h1-11H,13H2,(H,28,30)/b16-8+. The summed E-state index contributed by atoms with van der Waals surface area (Å²) in [6.45, 7) is 0.364. The second-order valence-corrected chi connectivity index (χ2v) is 8.75. The molecule has 0 aromatic heterocycles. The van der Waals surface area contributed by atoms with Crippen LogP contribution in [0.1, 0.15) is 11.1 Å². The average Bonchev–Trinajstić information content (AvgIpc) is 2.78. The topological polar surface area (TPSA) is 105 Å². The molecular weight excluding hydrogens is 578 g/mol. The Balaban J connectivity index is 1.80. The van der Waals surface area contributed by atoms with Crippen molar-refractivity contribution in [3.8, 4) is 11.8 Å². The van der Waals surface area contributed by atoms with Gasteiger partial charge in [-0.05, 0) is 67.3 Å². The number of hydrogen-bond acceptors (Lipinski definition) is 5. The lowest BCUT2D eigenvalue weighted by molar-refractivity contribution is -0.384. The number of anilines is 1. The van der Waals surface area contributed by atoms with E-state index >= 15 is 0 Å². The Kier molecular flexibility index (Phi) is 8.22. The summed E-state index contributed by atoms with van der Waals surface area (Å²) in [7, 11) is 0. The Morgan fingerprint density at radius 3 is 2.42 bits per heavy atom. The van der Waals surface area contributed by atoms with E-state index in [0.717, 1.165) is 11.6 Å². The molecule has 3 aromatic carbocycles. The number of non-ortho nitro benzene ring substituents is 1. The lowest BCUT2D eigenvalue weighted by Gasteiger charge is -2.12. The molecule has 3 aromatic rings. The molecular formula is C23H14Br2ClN3O4. The average molecular weight is 592 g/mol. The number of nitro groups is 1. The maximum absolute atomic E-state index is 12.6. The molecule has 0 aliphatic heterocycles. The lowest BCUT2D eigenvalue weighted by atomic mass is 10.1. The van der Waals surface area contributed by atoms with Crippen molar-refractivity contribution in [2.45, 2.75) is 6.61 Å². The molecule has 10 heteroatoms. The van der Waals surface area contributed by atoms with Crippen LogP contribution in [-0.4, -0.2) is 10.8 Å². The smallest absolute Gasteiger partial charge is 0.271 e. The summed E-state index contributed by atoms with van der Waals surface area (Å²) in [4.78, 5) is 23.0. The van der Waals surface area contributed by atoms with Gasteiger partial charge in [0.25, 0.3) is 11.6 Å². The predicted molar refractivity (Wildman–Crippen MR) is 133 cm³/mol. The van der Waals surface area contributed by atoms with Crippen LogP contribution in [0.15, 0.2) is 75.2 Å². The number of nitrogens with one attached hydrogen (secondary N) is 1. The van der Waals surface area contributed by atoms with Crippen LogP contribution in [0.5, 0.6) is 5.75 Å². The fourth-order valence-corrected chi connectivity index (χ4v) is 4.37. The summed E-state index contributed by atoms with van der Waals surface area (Å²) in [5.41, 5.74) is 1.13. The number of carbonyl (C=O) groups excluding carboxylic acids is 1. The molecule has 0 spiro atoms. The number of hydrogen-bond donors (Lipinski definition) is 1. The molecule has 0 fully saturated rings. The summed E-state index contributed by atoms with van der Waals surface area (Å²) in [5.74, 6) is -0.182. The molecule has 0 aliphatic rings. The summed E-state index contributed by atoms with van der Waals surface area (Å²) < 4.78 is 7.13. The van der Waals surface area contributed by atoms with Gasteiger partial charge in [-0.2, -0.15) is 5.26 Å². The molecule has 0 radical (unpaired) electrons. The number of amides is 1. The third-order valence-electron chi connectivity index (χ3n) is 4.33. The van der Waals surface area contributed by atoms with Crippen LogP contribution in [0.25, 0.3) is 6.08 Å². The molecule has 1 amide bonds. The van der Waals surface area contributed by atoms with Crippen molar-refractivity contribution in [3.63, 3.8) is 0 Å². The SMILES string of the molecule is N#C/C(=C\c1cc(Br)c(OCc2ccccc2)c(Br)c1)C(=O)Nc1cc([N+](=O)[O-])ccc1Cl. The normalized spacial score (nSPS) is 10.9. The number of nitriles is 1. The van der Waals surface area contributed by atoms with Gasteiger partial charge in [-0.1, -0.05) is 41.9 Å². The molecule has 0 atom stereocenters. The number of benzene rings is 3. The second-order valence-electron chi connectivity index (χ2n) is 6.63. The minimum Gasteiger partial charge on any atom is -0.487 e. The van der Waals surface area contributed by atoms with E-state index in [1.165, 1.54) is 18.2 Å². The van der Waals surface area contributed by atoms with Crippen molar-refractivity contribution in [2.75, 3.05) is 5.32 Å². The maximum atomic E-state index is 12.6. The lowest BCUT2D eigenvalue weighted by Crippen LogP contribution is -2.14. The van der Waals surface area contributed by atoms with Gasteiger partial charge in [0.2, 0.25) is 0 Å². The minimum atomic E-state index is -0.753. The molecule has 33 heavy (non-hydrogen) atoms. The van der Waals surface area contributed by atoms with E-state index in [-0.39, 0.29) is 22.0 Å². The predicted octanol–water partition coefficient (Wildman–Crippen LogP) is 6.90. The molecule has 0 saturated heterocycles. The van der Waals surface area contributed by atoms with Gasteiger partial charge in [0.05, 0.1) is 24.6 Å². The number of halogens is 3. The maximum Gasteiger partial charge on any atom is 0.271 e. The highest BCUT2D eigenvalue weighted by Crippen LogP contribution is 2.36. The highest BCUT2D eigenvalue weighted by Gasteiger charge is 2.16. The molecule has 3 rings (SSSR count). The Bertz CT molecular complexity index is 1270.